The minimum atomic E-state index is 0.769. The first-order valence-corrected chi connectivity index (χ1v) is 5.22. The normalized spacial score (nSPS) is 13.1. The SMILES string of the molecule is CN(CC1=C=CC=C1)c1cccc(Cl)c1. The monoisotopic (exact) mass is 217 g/mol. The van der Waals surface area contributed by atoms with E-state index in [4.69, 9.17) is 11.6 Å². The zero-order chi connectivity index (χ0) is 10.7. The Morgan fingerprint density at radius 2 is 2.27 bits per heavy atom. The molecule has 1 aromatic rings. The van der Waals surface area contributed by atoms with Crippen molar-refractivity contribution in [3.63, 3.8) is 0 Å². The number of nitrogens with zero attached hydrogens (tertiary/aromatic N) is 1. The highest BCUT2D eigenvalue weighted by Gasteiger charge is 2.03. The van der Waals surface area contributed by atoms with Gasteiger partial charge in [-0.3, -0.25) is 0 Å². The average Bonchev–Trinajstić information content (AvgIpc) is 2.70. The van der Waals surface area contributed by atoms with Crippen LogP contribution in [-0.4, -0.2) is 13.6 Å². The maximum Gasteiger partial charge on any atom is 0.0498 e. The number of hydrogen-bond acceptors (Lipinski definition) is 1. The zero-order valence-electron chi connectivity index (χ0n) is 8.57. The molecule has 1 aromatic carbocycles. The standard InChI is InChI=1S/C13H12ClN/c1-15(10-11-5-2-3-6-11)13-8-4-7-12(14)9-13/h2-5,7-9H,10H2,1H3. The molecule has 0 saturated carbocycles. The lowest BCUT2D eigenvalue weighted by molar-refractivity contribution is 1.01. The maximum absolute atomic E-state index is 5.94. The zero-order valence-corrected chi connectivity index (χ0v) is 9.33. The number of hydrogen-bond donors (Lipinski definition) is 0. The van der Waals surface area contributed by atoms with E-state index in [0.717, 1.165) is 17.3 Å². The van der Waals surface area contributed by atoms with Crippen molar-refractivity contribution < 1.29 is 0 Å². The van der Waals surface area contributed by atoms with Crippen molar-refractivity contribution in [2.75, 3.05) is 18.5 Å². The Morgan fingerprint density at radius 3 is 2.93 bits per heavy atom. The molecule has 0 amide bonds. The predicted octanol–water partition coefficient (Wildman–Crippen LogP) is 3.43. The lowest BCUT2D eigenvalue weighted by Gasteiger charge is -2.18. The van der Waals surface area contributed by atoms with Gasteiger partial charge in [0.15, 0.2) is 0 Å². The van der Waals surface area contributed by atoms with E-state index in [1.807, 2.05) is 37.4 Å². The van der Waals surface area contributed by atoms with Crippen LogP contribution in [0.25, 0.3) is 0 Å². The summed E-state index contributed by atoms with van der Waals surface area (Å²) in [6, 6.07) is 7.86. The molecule has 1 aliphatic rings. The number of halogens is 1. The molecule has 0 aliphatic heterocycles. The Hall–Kier alpha value is -1.43. The van der Waals surface area contributed by atoms with Crippen molar-refractivity contribution in [1.82, 2.24) is 0 Å². The molecule has 0 saturated heterocycles. The molecule has 0 bridgehead atoms. The van der Waals surface area contributed by atoms with Gasteiger partial charge in [-0.2, -0.15) is 0 Å². The van der Waals surface area contributed by atoms with Crippen molar-refractivity contribution in [1.29, 1.82) is 0 Å². The van der Waals surface area contributed by atoms with Crippen LogP contribution < -0.4 is 4.90 Å². The number of allylic oxidation sites excluding steroid dienone is 1. The van der Waals surface area contributed by atoms with Gasteiger partial charge < -0.3 is 4.90 Å². The Balaban J connectivity index is 2.11. The molecule has 2 heteroatoms. The average molecular weight is 218 g/mol. The van der Waals surface area contributed by atoms with Crippen LogP contribution in [0.15, 0.2) is 53.8 Å². The first-order valence-electron chi connectivity index (χ1n) is 4.84. The predicted molar refractivity (Wildman–Crippen MR) is 65.5 cm³/mol. The van der Waals surface area contributed by atoms with Crippen LogP contribution in [-0.2, 0) is 0 Å². The van der Waals surface area contributed by atoms with E-state index in [-0.39, 0.29) is 0 Å². The Kier molecular flexibility index (Phi) is 2.96. The summed E-state index contributed by atoms with van der Waals surface area (Å²) < 4.78 is 0. The number of rotatable bonds is 3. The van der Waals surface area contributed by atoms with E-state index in [0.29, 0.717) is 0 Å². The molecule has 15 heavy (non-hydrogen) atoms. The third-order valence-corrected chi connectivity index (χ3v) is 2.55. The van der Waals surface area contributed by atoms with Gasteiger partial charge in [-0.25, -0.2) is 0 Å². The Bertz CT molecular complexity index is 453. The van der Waals surface area contributed by atoms with E-state index >= 15 is 0 Å². The van der Waals surface area contributed by atoms with Crippen molar-refractivity contribution in [2.24, 2.45) is 0 Å². The molecule has 0 N–H and O–H groups in total. The lowest BCUT2D eigenvalue weighted by atomic mass is 10.2. The molecule has 1 nitrogen and oxygen atoms in total. The molecular weight excluding hydrogens is 206 g/mol. The van der Waals surface area contributed by atoms with Crippen LogP contribution in [0.2, 0.25) is 5.02 Å². The van der Waals surface area contributed by atoms with E-state index in [2.05, 4.69) is 22.8 Å². The van der Waals surface area contributed by atoms with E-state index in [9.17, 15) is 0 Å². The van der Waals surface area contributed by atoms with Crippen LogP contribution in [0.4, 0.5) is 5.69 Å². The molecule has 0 radical (unpaired) electrons. The maximum atomic E-state index is 5.94. The van der Waals surface area contributed by atoms with E-state index < -0.39 is 0 Å². The van der Waals surface area contributed by atoms with Gasteiger partial charge in [0.05, 0.1) is 0 Å². The van der Waals surface area contributed by atoms with E-state index in [1.54, 1.807) is 0 Å². The molecule has 0 atom stereocenters. The Morgan fingerprint density at radius 1 is 1.40 bits per heavy atom. The van der Waals surface area contributed by atoms with Crippen molar-refractivity contribution in [3.05, 3.63) is 58.8 Å². The molecule has 2 rings (SSSR count). The Labute approximate surface area is 95.0 Å². The summed E-state index contributed by atoms with van der Waals surface area (Å²) in [5, 5.41) is 0.769. The fourth-order valence-corrected chi connectivity index (χ4v) is 1.71. The molecular formula is C13H12ClN. The lowest BCUT2D eigenvalue weighted by Crippen LogP contribution is -2.19. The van der Waals surface area contributed by atoms with Gasteiger partial charge in [0.2, 0.25) is 0 Å². The van der Waals surface area contributed by atoms with Gasteiger partial charge in [0.1, 0.15) is 0 Å². The van der Waals surface area contributed by atoms with Crippen molar-refractivity contribution in [2.45, 2.75) is 0 Å². The van der Waals surface area contributed by atoms with Crippen LogP contribution in [0.1, 0.15) is 0 Å². The summed E-state index contributed by atoms with van der Waals surface area (Å²) in [7, 11) is 2.05. The number of likely N-dealkylation sites (N-methyl/N-ethyl adjacent to an activating group) is 1. The van der Waals surface area contributed by atoms with Gasteiger partial charge in [-0.15, -0.1) is 5.73 Å². The highest BCUT2D eigenvalue weighted by atomic mass is 35.5. The summed E-state index contributed by atoms with van der Waals surface area (Å²) in [5.41, 5.74) is 5.49. The molecule has 0 fully saturated rings. The first kappa shape index (κ1) is 10.1. The highest BCUT2D eigenvalue weighted by molar-refractivity contribution is 6.30. The largest absolute Gasteiger partial charge is 0.370 e. The number of anilines is 1. The van der Waals surface area contributed by atoms with Crippen molar-refractivity contribution in [3.8, 4) is 0 Å². The summed E-state index contributed by atoms with van der Waals surface area (Å²) >= 11 is 5.94. The molecule has 1 aliphatic carbocycles. The van der Waals surface area contributed by atoms with Gasteiger partial charge in [-0.1, -0.05) is 23.7 Å². The summed E-state index contributed by atoms with van der Waals surface area (Å²) in [6.07, 6.45) is 6.00. The first-order chi connectivity index (χ1) is 7.25. The van der Waals surface area contributed by atoms with Gasteiger partial charge in [0.25, 0.3) is 0 Å². The van der Waals surface area contributed by atoms with Gasteiger partial charge in [-0.05, 0) is 30.4 Å². The summed E-state index contributed by atoms with van der Waals surface area (Å²) in [5.74, 6) is 0. The smallest absolute Gasteiger partial charge is 0.0498 e. The fourth-order valence-electron chi connectivity index (χ4n) is 1.53. The van der Waals surface area contributed by atoms with Crippen molar-refractivity contribution >= 4 is 17.3 Å². The second-order valence-electron chi connectivity index (χ2n) is 3.53. The molecule has 76 valence electrons. The second-order valence-corrected chi connectivity index (χ2v) is 3.97. The van der Waals surface area contributed by atoms with Crippen LogP contribution >= 0.6 is 11.6 Å². The quantitative estimate of drug-likeness (QED) is 0.702. The third-order valence-electron chi connectivity index (χ3n) is 2.32. The molecule has 0 aromatic heterocycles. The summed E-state index contributed by atoms with van der Waals surface area (Å²) in [4.78, 5) is 2.15. The minimum Gasteiger partial charge on any atom is -0.370 e. The molecule has 0 spiro atoms. The highest BCUT2D eigenvalue weighted by Crippen LogP contribution is 2.19. The fraction of sp³-hybridized carbons (Fsp3) is 0.154. The number of benzene rings is 1. The topological polar surface area (TPSA) is 3.24 Å². The van der Waals surface area contributed by atoms with E-state index in [1.165, 1.54) is 5.57 Å². The second kappa shape index (κ2) is 4.39. The van der Waals surface area contributed by atoms with Crippen LogP contribution in [0, 0.1) is 0 Å². The molecule has 0 heterocycles. The third kappa shape index (κ3) is 2.53. The minimum absolute atomic E-state index is 0.769. The van der Waals surface area contributed by atoms with Crippen LogP contribution in [0.3, 0.4) is 0 Å². The van der Waals surface area contributed by atoms with Crippen LogP contribution in [0.5, 0.6) is 0 Å². The van der Waals surface area contributed by atoms with Gasteiger partial charge in [0, 0.05) is 29.9 Å². The molecule has 0 unspecified atom stereocenters. The van der Waals surface area contributed by atoms with Gasteiger partial charge >= 0.3 is 0 Å². The summed E-state index contributed by atoms with van der Waals surface area (Å²) in [6.45, 7) is 0.855.